The lowest BCUT2D eigenvalue weighted by atomic mass is 10.1. The number of fused-ring (bicyclic) bond motifs is 1. The molecule has 5 rings (SSSR count). The number of benzene rings is 2. The number of nitrogens with one attached hydrogen (secondary N) is 2. The van der Waals surface area contributed by atoms with Crippen molar-refractivity contribution in [1.29, 1.82) is 0 Å². The summed E-state index contributed by atoms with van der Waals surface area (Å²) >= 11 is 0. The second-order valence-corrected chi connectivity index (χ2v) is 8.78. The van der Waals surface area contributed by atoms with E-state index in [-0.39, 0.29) is 30.0 Å². The van der Waals surface area contributed by atoms with Gasteiger partial charge in [0.05, 0.1) is 17.6 Å². The van der Waals surface area contributed by atoms with E-state index in [4.69, 9.17) is 4.98 Å². The molecule has 4 aromatic rings. The van der Waals surface area contributed by atoms with E-state index in [9.17, 15) is 9.59 Å². The first kappa shape index (κ1) is 21.9. The van der Waals surface area contributed by atoms with Crippen molar-refractivity contribution in [2.75, 3.05) is 5.32 Å². The van der Waals surface area contributed by atoms with Crippen LogP contribution in [-0.4, -0.2) is 31.1 Å². The Bertz CT molecular complexity index is 1320. The van der Waals surface area contributed by atoms with E-state index < -0.39 is 0 Å². The number of rotatable bonds is 7. The van der Waals surface area contributed by atoms with Crippen molar-refractivity contribution in [3.8, 4) is 0 Å². The minimum absolute atomic E-state index is 0.00193. The van der Waals surface area contributed by atoms with E-state index in [1.165, 1.54) is 4.68 Å². The van der Waals surface area contributed by atoms with Gasteiger partial charge in [0, 0.05) is 25.6 Å². The second-order valence-electron chi connectivity index (χ2n) is 8.78. The maximum atomic E-state index is 12.9. The predicted octanol–water partition coefficient (Wildman–Crippen LogP) is 3.88. The summed E-state index contributed by atoms with van der Waals surface area (Å²) < 4.78 is 3.66. The maximum absolute atomic E-state index is 12.9. The molecule has 0 bridgehead atoms. The zero-order valence-electron chi connectivity index (χ0n) is 19.2. The van der Waals surface area contributed by atoms with Gasteiger partial charge in [0.15, 0.2) is 5.69 Å². The topological polar surface area (TPSA) is 93.8 Å². The van der Waals surface area contributed by atoms with Gasteiger partial charge in [-0.15, -0.1) is 0 Å². The second kappa shape index (κ2) is 9.51. The highest BCUT2D eigenvalue weighted by Crippen LogP contribution is 2.26. The number of hydrogen-bond acceptors (Lipinski definition) is 4. The maximum Gasteiger partial charge on any atom is 0.272 e. The van der Waals surface area contributed by atoms with Gasteiger partial charge in [-0.2, -0.15) is 5.10 Å². The number of nitrogens with zero attached hydrogens (tertiary/aromatic N) is 4. The van der Waals surface area contributed by atoms with Gasteiger partial charge in [-0.25, -0.2) is 4.98 Å². The third-order valence-corrected chi connectivity index (χ3v) is 6.41. The monoisotopic (exact) mass is 456 g/mol. The normalized spacial score (nSPS) is 13.9. The average Bonchev–Trinajstić information content (AvgIpc) is 3.59. The summed E-state index contributed by atoms with van der Waals surface area (Å²) in [7, 11) is 1.72. The Morgan fingerprint density at radius 2 is 1.76 bits per heavy atom. The van der Waals surface area contributed by atoms with E-state index in [1.54, 1.807) is 13.1 Å². The highest BCUT2D eigenvalue weighted by molar-refractivity contribution is 5.96. The first-order chi connectivity index (χ1) is 16.6. The number of anilines is 1. The standard InChI is InChI=1S/C26H28N6O2/c1-31-23(29-25(33)19-11-5-6-12-19)15-21(30-31)26(34)27-16-24-28-20-13-7-8-14-22(20)32(24)17-18-9-3-2-4-10-18/h2-4,7-10,13-15,19H,5-6,11-12,16-17H2,1H3,(H,27,34)(H,29,33). The van der Waals surface area contributed by atoms with Crippen molar-refractivity contribution >= 4 is 28.7 Å². The summed E-state index contributed by atoms with van der Waals surface area (Å²) in [5.41, 5.74) is 3.32. The molecule has 1 aliphatic carbocycles. The Labute approximate surface area is 198 Å². The van der Waals surface area contributed by atoms with Gasteiger partial charge >= 0.3 is 0 Å². The number of aryl methyl sites for hydroxylation is 1. The van der Waals surface area contributed by atoms with Gasteiger partial charge in [0.1, 0.15) is 11.6 Å². The molecule has 2 aromatic carbocycles. The molecule has 1 fully saturated rings. The molecule has 2 amide bonds. The largest absolute Gasteiger partial charge is 0.343 e. The summed E-state index contributed by atoms with van der Waals surface area (Å²) in [5.74, 6) is 1.03. The quantitative estimate of drug-likeness (QED) is 0.441. The molecule has 174 valence electrons. The average molecular weight is 457 g/mol. The van der Waals surface area contributed by atoms with E-state index in [0.717, 1.165) is 48.1 Å². The van der Waals surface area contributed by atoms with Crippen LogP contribution in [-0.2, 0) is 24.9 Å². The number of para-hydroxylation sites is 2. The summed E-state index contributed by atoms with van der Waals surface area (Å²) in [6.45, 7) is 0.925. The fourth-order valence-electron chi connectivity index (χ4n) is 4.56. The van der Waals surface area contributed by atoms with Crippen molar-refractivity contribution in [3.05, 3.63) is 77.7 Å². The SMILES string of the molecule is Cn1nc(C(=O)NCc2nc3ccccc3n2Cc2ccccc2)cc1NC(=O)C1CCCC1. The lowest BCUT2D eigenvalue weighted by Gasteiger charge is -2.10. The molecule has 0 aliphatic heterocycles. The van der Waals surface area contributed by atoms with E-state index in [2.05, 4.69) is 32.4 Å². The molecule has 34 heavy (non-hydrogen) atoms. The summed E-state index contributed by atoms with van der Waals surface area (Å²) in [6.07, 6.45) is 4.01. The minimum atomic E-state index is -0.310. The van der Waals surface area contributed by atoms with E-state index in [0.29, 0.717) is 12.4 Å². The molecule has 0 radical (unpaired) electrons. The van der Waals surface area contributed by atoms with Crippen LogP contribution in [0.25, 0.3) is 11.0 Å². The minimum Gasteiger partial charge on any atom is -0.343 e. The van der Waals surface area contributed by atoms with Crippen LogP contribution in [0.4, 0.5) is 5.82 Å². The van der Waals surface area contributed by atoms with Gasteiger partial charge in [-0.3, -0.25) is 14.3 Å². The first-order valence-electron chi connectivity index (χ1n) is 11.7. The van der Waals surface area contributed by atoms with Crippen LogP contribution in [0, 0.1) is 5.92 Å². The molecule has 0 atom stereocenters. The fraction of sp³-hybridized carbons (Fsp3) is 0.308. The van der Waals surface area contributed by atoms with Gasteiger partial charge in [0.2, 0.25) is 5.91 Å². The molecule has 0 saturated heterocycles. The van der Waals surface area contributed by atoms with Crippen LogP contribution in [0.1, 0.15) is 47.6 Å². The molecule has 2 N–H and O–H groups in total. The number of hydrogen-bond donors (Lipinski definition) is 2. The molecular formula is C26H28N6O2. The van der Waals surface area contributed by atoms with Crippen molar-refractivity contribution in [3.63, 3.8) is 0 Å². The first-order valence-corrected chi connectivity index (χ1v) is 11.7. The molecule has 8 heteroatoms. The molecule has 0 spiro atoms. The van der Waals surface area contributed by atoms with Crippen molar-refractivity contribution < 1.29 is 9.59 Å². The Hall–Kier alpha value is -3.94. The smallest absolute Gasteiger partial charge is 0.272 e. The number of carbonyl (C=O) groups excluding carboxylic acids is 2. The van der Waals surface area contributed by atoms with E-state index >= 15 is 0 Å². The van der Waals surface area contributed by atoms with Crippen LogP contribution in [0.2, 0.25) is 0 Å². The molecule has 1 aliphatic rings. The Balaban J connectivity index is 1.30. The highest BCUT2D eigenvalue weighted by Gasteiger charge is 2.24. The third-order valence-electron chi connectivity index (χ3n) is 6.41. The highest BCUT2D eigenvalue weighted by atomic mass is 16.2. The summed E-state index contributed by atoms with van der Waals surface area (Å²) in [5, 5.41) is 10.2. The molecule has 0 unspecified atom stereocenters. The zero-order valence-corrected chi connectivity index (χ0v) is 19.2. The number of carbonyl (C=O) groups is 2. The van der Waals surface area contributed by atoms with Crippen molar-refractivity contribution in [1.82, 2.24) is 24.6 Å². The Morgan fingerprint density at radius 1 is 1.03 bits per heavy atom. The third kappa shape index (κ3) is 4.57. The van der Waals surface area contributed by atoms with Crippen LogP contribution >= 0.6 is 0 Å². The summed E-state index contributed by atoms with van der Waals surface area (Å²) in [4.78, 5) is 30.1. The van der Waals surface area contributed by atoms with Crippen LogP contribution in [0.3, 0.4) is 0 Å². The zero-order chi connectivity index (χ0) is 23.5. The molecule has 8 nitrogen and oxygen atoms in total. The summed E-state index contributed by atoms with van der Waals surface area (Å²) in [6, 6.07) is 19.7. The fourth-order valence-corrected chi connectivity index (χ4v) is 4.56. The number of aromatic nitrogens is 4. The van der Waals surface area contributed by atoms with Crippen LogP contribution in [0.15, 0.2) is 60.7 Å². The van der Waals surface area contributed by atoms with Crippen molar-refractivity contribution in [2.24, 2.45) is 13.0 Å². The number of imidazole rings is 1. The molecule has 2 aromatic heterocycles. The Kier molecular flexibility index (Phi) is 6.12. The molecule has 1 saturated carbocycles. The van der Waals surface area contributed by atoms with Crippen LogP contribution in [0.5, 0.6) is 0 Å². The predicted molar refractivity (Wildman–Crippen MR) is 130 cm³/mol. The molecule has 2 heterocycles. The lowest BCUT2D eigenvalue weighted by molar-refractivity contribution is -0.119. The van der Waals surface area contributed by atoms with Gasteiger partial charge in [0.25, 0.3) is 5.91 Å². The van der Waals surface area contributed by atoms with Crippen LogP contribution < -0.4 is 10.6 Å². The number of amides is 2. The lowest BCUT2D eigenvalue weighted by Crippen LogP contribution is -2.25. The van der Waals surface area contributed by atoms with Crippen molar-refractivity contribution in [2.45, 2.75) is 38.8 Å². The molecular weight excluding hydrogens is 428 g/mol. The van der Waals surface area contributed by atoms with Gasteiger partial charge in [-0.1, -0.05) is 55.3 Å². The Morgan fingerprint density at radius 3 is 2.56 bits per heavy atom. The van der Waals surface area contributed by atoms with Gasteiger partial charge in [-0.05, 0) is 30.5 Å². The van der Waals surface area contributed by atoms with E-state index in [1.807, 2.05) is 42.5 Å². The van der Waals surface area contributed by atoms with Gasteiger partial charge < -0.3 is 15.2 Å².